The van der Waals surface area contributed by atoms with Crippen molar-refractivity contribution in [1.29, 1.82) is 0 Å². The summed E-state index contributed by atoms with van der Waals surface area (Å²) >= 11 is 0. The van der Waals surface area contributed by atoms with Gasteiger partial charge in [0.15, 0.2) is 0 Å². The highest BCUT2D eigenvalue weighted by Gasteiger charge is 2.15. The van der Waals surface area contributed by atoms with Gasteiger partial charge in [0, 0.05) is 11.3 Å². The van der Waals surface area contributed by atoms with Gasteiger partial charge in [-0.05, 0) is 44.5 Å². The Bertz CT molecular complexity index is 949. The second-order valence-corrected chi connectivity index (χ2v) is 6.24. The molecule has 0 unspecified atom stereocenters. The number of hydrogen-bond acceptors (Lipinski definition) is 2. The molecule has 0 aliphatic carbocycles. The van der Waals surface area contributed by atoms with Crippen LogP contribution in [0.25, 0.3) is 0 Å². The maximum atomic E-state index is 13.9. The number of benzene rings is 2. The van der Waals surface area contributed by atoms with Gasteiger partial charge < -0.3 is 10.6 Å². The van der Waals surface area contributed by atoms with Crippen molar-refractivity contribution in [3.8, 4) is 0 Å². The maximum absolute atomic E-state index is 13.9. The molecule has 0 saturated carbocycles. The number of carbonyl (C=O) groups is 1. The third-order valence-corrected chi connectivity index (χ3v) is 4.17. The van der Waals surface area contributed by atoms with E-state index < -0.39 is 0 Å². The number of anilines is 2. The summed E-state index contributed by atoms with van der Waals surface area (Å²) in [4.78, 5) is 12.3. The monoisotopic (exact) mass is 352 g/mol. The van der Waals surface area contributed by atoms with Crippen molar-refractivity contribution >= 4 is 17.4 Å². The first-order chi connectivity index (χ1) is 12.4. The minimum absolute atomic E-state index is 0.272. The Morgan fingerprint density at radius 2 is 1.85 bits per heavy atom. The van der Waals surface area contributed by atoms with Crippen LogP contribution in [-0.2, 0) is 6.54 Å². The molecule has 134 valence electrons. The second kappa shape index (κ2) is 7.39. The molecule has 0 spiro atoms. The van der Waals surface area contributed by atoms with Gasteiger partial charge in [-0.25, -0.2) is 9.18 Å². The fraction of sp³-hybridized carbons (Fsp3) is 0.200. The number of nitrogens with zero attached hydrogens (tertiary/aromatic N) is 2. The van der Waals surface area contributed by atoms with E-state index in [1.54, 1.807) is 22.9 Å². The third-order valence-electron chi connectivity index (χ3n) is 4.17. The Kier molecular flexibility index (Phi) is 5.02. The Morgan fingerprint density at radius 3 is 2.58 bits per heavy atom. The number of amides is 2. The Morgan fingerprint density at radius 1 is 1.08 bits per heavy atom. The smallest absolute Gasteiger partial charge is 0.308 e. The highest BCUT2D eigenvalue weighted by atomic mass is 19.1. The summed E-state index contributed by atoms with van der Waals surface area (Å²) < 4.78 is 15.6. The molecule has 0 aliphatic rings. The molecule has 0 aliphatic heterocycles. The molecule has 0 atom stereocenters. The standard InChI is InChI=1S/C20H21FN4O/c1-13-7-6-9-17(11-13)22-20(26)23-19-14(2)24-25(15(19)3)12-16-8-4-5-10-18(16)21/h4-11H,12H2,1-3H3,(H2,22,23,26). The van der Waals surface area contributed by atoms with E-state index in [2.05, 4.69) is 15.7 Å². The zero-order chi connectivity index (χ0) is 18.7. The van der Waals surface area contributed by atoms with Crippen molar-refractivity contribution in [2.45, 2.75) is 27.3 Å². The lowest BCUT2D eigenvalue weighted by Crippen LogP contribution is -2.20. The predicted octanol–water partition coefficient (Wildman–Crippen LogP) is 4.64. The van der Waals surface area contributed by atoms with E-state index in [1.165, 1.54) is 6.07 Å². The molecule has 6 heteroatoms. The molecule has 3 rings (SSSR count). The molecular weight excluding hydrogens is 331 g/mol. The minimum Gasteiger partial charge on any atom is -0.308 e. The lowest BCUT2D eigenvalue weighted by Gasteiger charge is -2.09. The number of halogens is 1. The van der Waals surface area contributed by atoms with Gasteiger partial charge in [0.05, 0.1) is 23.6 Å². The summed E-state index contributed by atoms with van der Waals surface area (Å²) in [7, 11) is 0. The third kappa shape index (κ3) is 3.91. The molecule has 1 heterocycles. The summed E-state index contributed by atoms with van der Waals surface area (Å²) in [6, 6.07) is 13.8. The fourth-order valence-corrected chi connectivity index (χ4v) is 2.82. The van der Waals surface area contributed by atoms with Crippen LogP contribution in [0.3, 0.4) is 0 Å². The number of aromatic nitrogens is 2. The molecular formula is C20H21FN4O. The van der Waals surface area contributed by atoms with Crippen LogP contribution in [0.1, 0.15) is 22.5 Å². The van der Waals surface area contributed by atoms with Crippen LogP contribution in [0, 0.1) is 26.6 Å². The number of rotatable bonds is 4. The normalized spacial score (nSPS) is 10.6. The van der Waals surface area contributed by atoms with Gasteiger partial charge in [-0.15, -0.1) is 0 Å². The summed E-state index contributed by atoms with van der Waals surface area (Å²) in [5.74, 6) is -0.272. The second-order valence-electron chi connectivity index (χ2n) is 6.24. The van der Waals surface area contributed by atoms with Gasteiger partial charge >= 0.3 is 6.03 Å². The first kappa shape index (κ1) is 17.7. The predicted molar refractivity (Wildman–Crippen MR) is 101 cm³/mol. The molecule has 3 aromatic rings. The van der Waals surface area contributed by atoms with E-state index in [-0.39, 0.29) is 11.8 Å². The molecule has 0 fully saturated rings. The van der Waals surface area contributed by atoms with Crippen LogP contribution >= 0.6 is 0 Å². The molecule has 0 radical (unpaired) electrons. The van der Waals surface area contributed by atoms with E-state index in [1.807, 2.05) is 45.0 Å². The van der Waals surface area contributed by atoms with Crippen LogP contribution in [0.5, 0.6) is 0 Å². The van der Waals surface area contributed by atoms with Crippen LogP contribution in [0.15, 0.2) is 48.5 Å². The number of hydrogen-bond donors (Lipinski definition) is 2. The van der Waals surface area contributed by atoms with Crippen molar-refractivity contribution in [1.82, 2.24) is 9.78 Å². The molecule has 1 aromatic heterocycles. The Labute approximate surface area is 151 Å². The van der Waals surface area contributed by atoms with Crippen LogP contribution < -0.4 is 10.6 Å². The van der Waals surface area contributed by atoms with Crippen molar-refractivity contribution in [2.24, 2.45) is 0 Å². The minimum atomic E-state index is -0.341. The largest absolute Gasteiger partial charge is 0.323 e. The van der Waals surface area contributed by atoms with Crippen molar-refractivity contribution in [2.75, 3.05) is 10.6 Å². The van der Waals surface area contributed by atoms with Gasteiger partial charge in [0.2, 0.25) is 0 Å². The zero-order valence-corrected chi connectivity index (χ0v) is 15.0. The van der Waals surface area contributed by atoms with E-state index in [0.717, 1.165) is 16.9 Å². The Balaban J connectivity index is 1.75. The van der Waals surface area contributed by atoms with E-state index in [9.17, 15) is 9.18 Å². The molecule has 2 aromatic carbocycles. The highest BCUT2D eigenvalue weighted by Crippen LogP contribution is 2.21. The average molecular weight is 352 g/mol. The summed E-state index contributed by atoms with van der Waals surface area (Å²) in [5, 5.41) is 10.1. The molecule has 0 saturated heterocycles. The molecule has 2 N–H and O–H groups in total. The van der Waals surface area contributed by atoms with Gasteiger partial charge in [-0.1, -0.05) is 30.3 Å². The van der Waals surface area contributed by atoms with Crippen LogP contribution in [-0.4, -0.2) is 15.8 Å². The van der Waals surface area contributed by atoms with E-state index >= 15 is 0 Å². The summed E-state index contributed by atoms with van der Waals surface area (Å²) in [6.45, 7) is 5.93. The van der Waals surface area contributed by atoms with Crippen LogP contribution in [0.4, 0.5) is 20.6 Å². The van der Waals surface area contributed by atoms with Gasteiger partial charge in [-0.3, -0.25) is 4.68 Å². The van der Waals surface area contributed by atoms with Gasteiger partial charge in [0.25, 0.3) is 0 Å². The van der Waals surface area contributed by atoms with Gasteiger partial charge in [0.1, 0.15) is 5.82 Å². The first-order valence-corrected chi connectivity index (χ1v) is 8.36. The number of aryl methyl sites for hydroxylation is 2. The van der Waals surface area contributed by atoms with Crippen molar-refractivity contribution < 1.29 is 9.18 Å². The lowest BCUT2D eigenvalue weighted by atomic mass is 10.2. The fourth-order valence-electron chi connectivity index (χ4n) is 2.82. The number of nitrogens with one attached hydrogen (secondary N) is 2. The summed E-state index contributed by atoms with van der Waals surface area (Å²) in [6.07, 6.45) is 0. The number of urea groups is 1. The molecule has 26 heavy (non-hydrogen) atoms. The SMILES string of the molecule is Cc1cccc(NC(=O)Nc2c(C)nn(Cc3ccccc3F)c2C)c1. The van der Waals surface area contributed by atoms with Crippen molar-refractivity contribution in [3.63, 3.8) is 0 Å². The molecule has 2 amide bonds. The molecule has 0 bridgehead atoms. The van der Waals surface area contributed by atoms with E-state index in [0.29, 0.717) is 23.5 Å². The topological polar surface area (TPSA) is 59.0 Å². The highest BCUT2D eigenvalue weighted by molar-refractivity contribution is 6.00. The van der Waals surface area contributed by atoms with Crippen LogP contribution in [0.2, 0.25) is 0 Å². The Hall–Kier alpha value is -3.15. The van der Waals surface area contributed by atoms with Gasteiger partial charge in [-0.2, -0.15) is 5.10 Å². The average Bonchev–Trinajstić information content (AvgIpc) is 2.84. The summed E-state index contributed by atoms with van der Waals surface area (Å²) in [5.41, 5.74) is 4.41. The molecule has 5 nitrogen and oxygen atoms in total. The zero-order valence-electron chi connectivity index (χ0n) is 15.0. The number of carbonyl (C=O) groups excluding carboxylic acids is 1. The quantitative estimate of drug-likeness (QED) is 0.719. The maximum Gasteiger partial charge on any atom is 0.323 e. The first-order valence-electron chi connectivity index (χ1n) is 8.36. The van der Waals surface area contributed by atoms with E-state index in [4.69, 9.17) is 0 Å². The lowest BCUT2D eigenvalue weighted by molar-refractivity contribution is 0.262. The van der Waals surface area contributed by atoms with Crippen molar-refractivity contribution in [3.05, 3.63) is 76.9 Å².